The standard InChI is InChI=1S/C22H20ClN3O5S/c1-26(2)32(29,30)19-13-17(9-10-18(19)23)25-20(27)14-31-21(28)11-8-16-6-3-5-15-7-4-12-24-22(15)16/h3-13H,14H2,1-2H3,(H,25,27)/b11-8+. The zero-order valence-electron chi connectivity index (χ0n) is 17.3. The van der Waals surface area contributed by atoms with Crippen LogP contribution in [0, 0.1) is 0 Å². The molecule has 1 aromatic heterocycles. The van der Waals surface area contributed by atoms with Gasteiger partial charge in [0.25, 0.3) is 5.91 Å². The number of aromatic nitrogens is 1. The lowest BCUT2D eigenvalue weighted by molar-refractivity contribution is -0.142. The number of pyridine rings is 1. The van der Waals surface area contributed by atoms with Gasteiger partial charge in [0.05, 0.1) is 10.5 Å². The fourth-order valence-corrected chi connectivity index (χ4v) is 4.17. The molecular formula is C22H20ClN3O5S. The number of carbonyl (C=O) groups excluding carboxylic acids is 2. The number of hydrogen-bond acceptors (Lipinski definition) is 6. The molecule has 0 radical (unpaired) electrons. The van der Waals surface area contributed by atoms with Gasteiger partial charge in [-0.2, -0.15) is 0 Å². The topological polar surface area (TPSA) is 106 Å². The van der Waals surface area contributed by atoms with E-state index in [1.54, 1.807) is 12.3 Å². The molecule has 0 saturated carbocycles. The SMILES string of the molecule is CN(C)S(=O)(=O)c1cc(NC(=O)COC(=O)/C=C/c2cccc3cccnc23)ccc1Cl. The molecule has 1 N–H and O–H groups in total. The number of nitrogens with one attached hydrogen (secondary N) is 1. The van der Waals surface area contributed by atoms with E-state index in [9.17, 15) is 18.0 Å². The number of para-hydroxylation sites is 1. The van der Waals surface area contributed by atoms with Gasteiger partial charge >= 0.3 is 5.97 Å². The Kier molecular flexibility index (Phi) is 7.24. The Bertz CT molecular complexity index is 1300. The second-order valence-electron chi connectivity index (χ2n) is 6.84. The molecule has 1 heterocycles. The third kappa shape index (κ3) is 5.50. The number of amides is 1. The van der Waals surface area contributed by atoms with Crippen LogP contribution >= 0.6 is 11.6 Å². The zero-order chi connectivity index (χ0) is 23.3. The Morgan fingerprint density at radius 3 is 2.66 bits per heavy atom. The van der Waals surface area contributed by atoms with Crippen LogP contribution in [0.3, 0.4) is 0 Å². The van der Waals surface area contributed by atoms with Gasteiger partial charge in [0.2, 0.25) is 10.0 Å². The molecule has 0 aliphatic rings. The van der Waals surface area contributed by atoms with Crippen molar-refractivity contribution in [1.82, 2.24) is 9.29 Å². The smallest absolute Gasteiger partial charge is 0.331 e. The van der Waals surface area contributed by atoms with Crippen molar-refractivity contribution in [1.29, 1.82) is 0 Å². The summed E-state index contributed by atoms with van der Waals surface area (Å²) in [5.41, 5.74) is 1.68. The van der Waals surface area contributed by atoms with E-state index < -0.39 is 28.5 Å². The van der Waals surface area contributed by atoms with Crippen molar-refractivity contribution < 1.29 is 22.7 Å². The molecule has 0 fully saturated rings. The van der Waals surface area contributed by atoms with Crippen LogP contribution in [0.5, 0.6) is 0 Å². The summed E-state index contributed by atoms with van der Waals surface area (Å²) in [6, 6.07) is 13.4. The van der Waals surface area contributed by atoms with Gasteiger partial charge in [-0.3, -0.25) is 9.78 Å². The molecule has 0 unspecified atom stereocenters. The lowest BCUT2D eigenvalue weighted by Crippen LogP contribution is -2.23. The molecule has 3 aromatic rings. The number of ether oxygens (including phenoxy) is 1. The van der Waals surface area contributed by atoms with Crippen LogP contribution in [-0.2, 0) is 24.3 Å². The third-order valence-corrected chi connectivity index (χ3v) is 6.68. The van der Waals surface area contributed by atoms with Crippen LogP contribution in [0.25, 0.3) is 17.0 Å². The molecular weight excluding hydrogens is 454 g/mol. The number of halogens is 1. The van der Waals surface area contributed by atoms with Gasteiger partial charge in [-0.25, -0.2) is 17.5 Å². The summed E-state index contributed by atoms with van der Waals surface area (Å²) in [6.45, 7) is -0.546. The zero-order valence-corrected chi connectivity index (χ0v) is 18.9. The summed E-state index contributed by atoms with van der Waals surface area (Å²) in [7, 11) is -1.04. The van der Waals surface area contributed by atoms with Crippen LogP contribution in [0.1, 0.15) is 5.56 Å². The molecule has 10 heteroatoms. The Labute approximate surface area is 190 Å². The summed E-state index contributed by atoms with van der Waals surface area (Å²) in [5, 5.41) is 3.44. The largest absolute Gasteiger partial charge is 0.452 e. The Hall–Kier alpha value is -3.27. The number of carbonyl (C=O) groups is 2. The molecule has 0 spiro atoms. The van der Waals surface area contributed by atoms with E-state index in [4.69, 9.17) is 16.3 Å². The monoisotopic (exact) mass is 473 g/mol. The van der Waals surface area contributed by atoms with Crippen molar-refractivity contribution in [2.75, 3.05) is 26.0 Å². The summed E-state index contributed by atoms with van der Waals surface area (Å²) >= 11 is 5.99. The number of rotatable bonds is 7. The highest BCUT2D eigenvalue weighted by molar-refractivity contribution is 7.89. The van der Waals surface area contributed by atoms with Crippen LogP contribution < -0.4 is 5.32 Å². The molecule has 8 nitrogen and oxygen atoms in total. The first-order valence-electron chi connectivity index (χ1n) is 9.39. The second-order valence-corrected chi connectivity index (χ2v) is 9.37. The minimum atomic E-state index is -3.79. The number of anilines is 1. The lowest BCUT2D eigenvalue weighted by Gasteiger charge is -2.14. The Morgan fingerprint density at radius 2 is 1.91 bits per heavy atom. The van der Waals surface area contributed by atoms with E-state index >= 15 is 0 Å². The van der Waals surface area contributed by atoms with Gasteiger partial charge in [-0.1, -0.05) is 35.9 Å². The Balaban J connectivity index is 1.61. The van der Waals surface area contributed by atoms with Gasteiger partial charge in [-0.05, 0) is 30.3 Å². The van der Waals surface area contributed by atoms with E-state index in [2.05, 4.69) is 10.3 Å². The molecule has 1 amide bonds. The fourth-order valence-electron chi connectivity index (χ4n) is 2.78. The maximum atomic E-state index is 12.3. The Morgan fingerprint density at radius 1 is 1.16 bits per heavy atom. The first-order valence-corrected chi connectivity index (χ1v) is 11.2. The van der Waals surface area contributed by atoms with Crippen LogP contribution in [0.4, 0.5) is 5.69 Å². The average molecular weight is 474 g/mol. The fraction of sp³-hybridized carbons (Fsp3) is 0.136. The molecule has 0 atom stereocenters. The van der Waals surface area contributed by atoms with Gasteiger partial charge in [0.1, 0.15) is 4.90 Å². The van der Waals surface area contributed by atoms with Gasteiger partial charge in [0, 0.05) is 43.0 Å². The number of hydrogen-bond donors (Lipinski definition) is 1. The molecule has 0 saturated heterocycles. The van der Waals surface area contributed by atoms with Crippen molar-refractivity contribution in [2.24, 2.45) is 0 Å². The highest BCUT2D eigenvalue weighted by atomic mass is 35.5. The third-order valence-electron chi connectivity index (χ3n) is 4.38. The number of nitrogens with zero attached hydrogens (tertiary/aromatic N) is 2. The van der Waals surface area contributed by atoms with Crippen molar-refractivity contribution in [3.63, 3.8) is 0 Å². The molecule has 32 heavy (non-hydrogen) atoms. The maximum Gasteiger partial charge on any atom is 0.331 e. The summed E-state index contributed by atoms with van der Waals surface area (Å²) in [6.07, 6.45) is 4.43. The second kappa shape index (κ2) is 9.90. The van der Waals surface area contributed by atoms with Crippen molar-refractivity contribution in [2.45, 2.75) is 4.90 Å². The minimum Gasteiger partial charge on any atom is -0.452 e. The van der Waals surface area contributed by atoms with E-state index in [0.717, 1.165) is 20.8 Å². The first kappa shape index (κ1) is 23.4. The van der Waals surface area contributed by atoms with E-state index in [0.29, 0.717) is 0 Å². The highest BCUT2D eigenvalue weighted by Gasteiger charge is 2.21. The van der Waals surface area contributed by atoms with E-state index in [1.165, 1.54) is 38.4 Å². The molecule has 2 aromatic carbocycles. The molecule has 166 valence electrons. The highest BCUT2D eigenvalue weighted by Crippen LogP contribution is 2.26. The number of fused-ring (bicyclic) bond motifs is 1. The molecule has 0 bridgehead atoms. The maximum absolute atomic E-state index is 12.3. The van der Waals surface area contributed by atoms with Crippen molar-refractivity contribution in [3.8, 4) is 0 Å². The van der Waals surface area contributed by atoms with Gasteiger partial charge in [-0.15, -0.1) is 0 Å². The predicted octanol–water partition coefficient (Wildman–Crippen LogP) is 3.33. The van der Waals surface area contributed by atoms with Gasteiger partial charge in [0.15, 0.2) is 6.61 Å². The van der Waals surface area contributed by atoms with Crippen molar-refractivity contribution in [3.05, 3.63) is 71.4 Å². The van der Waals surface area contributed by atoms with Crippen LogP contribution in [-0.4, -0.2) is 50.3 Å². The molecule has 0 aliphatic carbocycles. The number of esters is 1. The van der Waals surface area contributed by atoms with Gasteiger partial charge < -0.3 is 10.1 Å². The summed E-state index contributed by atoms with van der Waals surface area (Å²) < 4.78 is 30.6. The summed E-state index contributed by atoms with van der Waals surface area (Å²) in [4.78, 5) is 28.3. The van der Waals surface area contributed by atoms with E-state index in [-0.39, 0.29) is 15.6 Å². The normalized spacial score (nSPS) is 11.8. The number of sulfonamides is 1. The molecule has 0 aliphatic heterocycles. The quantitative estimate of drug-likeness (QED) is 0.416. The van der Waals surface area contributed by atoms with E-state index in [1.807, 2.05) is 30.3 Å². The summed E-state index contributed by atoms with van der Waals surface area (Å²) in [5.74, 6) is -1.34. The molecule has 3 rings (SSSR count). The first-order chi connectivity index (χ1) is 15.2. The predicted molar refractivity (Wildman–Crippen MR) is 123 cm³/mol. The van der Waals surface area contributed by atoms with Crippen molar-refractivity contribution >= 4 is 56.2 Å². The minimum absolute atomic E-state index is 0.0242. The van der Waals surface area contributed by atoms with Crippen LogP contribution in [0.2, 0.25) is 5.02 Å². The average Bonchev–Trinajstić information content (AvgIpc) is 2.77. The van der Waals surface area contributed by atoms with Crippen LogP contribution in [0.15, 0.2) is 65.7 Å². The lowest BCUT2D eigenvalue weighted by atomic mass is 10.1. The number of benzene rings is 2.